The van der Waals surface area contributed by atoms with E-state index in [1.165, 1.54) is 17.0 Å². The largest absolute Gasteiger partial charge is 0.507 e. The number of Topliss-reactive ketones (excluding diaryl/α,β-unsaturated/α-hetero) is 1. The maximum Gasteiger partial charge on any atom is 0.300 e. The summed E-state index contributed by atoms with van der Waals surface area (Å²) in [6.07, 6.45) is 0. The van der Waals surface area contributed by atoms with Crippen molar-refractivity contribution in [2.75, 3.05) is 4.90 Å². The summed E-state index contributed by atoms with van der Waals surface area (Å²) in [6, 6.07) is 17.8. The van der Waals surface area contributed by atoms with Gasteiger partial charge < -0.3 is 5.11 Å². The molecule has 5 heteroatoms. The summed E-state index contributed by atoms with van der Waals surface area (Å²) >= 11 is 0. The number of benzene rings is 3. The number of nitrogens with zero attached hydrogens (tertiary/aromatic N) is 1. The van der Waals surface area contributed by atoms with Gasteiger partial charge in [-0.2, -0.15) is 0 Å². The molecule has 4 rings (SSSR count). The zero-order valence-electron chi connectivity index (χ0n) is 20.0. The van der Waals surface area contributed by atoms with Crippen molar-refractivity contribution >= 4 is 23.1 Å². The third-order valence-corrected chi connectivity index (χ3v) is 6.36. The third-order valence-electron chi connectivity index (χ3n) is 6.36. The van der Waals surface area contributed by atoms with Gasteiger partial charge in [-0.1, -0.05) is 63.2 Å². The number of hydrogen-bond donors (Lipinski definition) is 1. The maximum absolute atomic E-state index is 13.7. The van der Waals surface area contributed by atoms with E-state index in [4.69, 9.17) is 0 Å². The van der Waals surface area contributed by atoms with E-state index in [9.17, 15) is 19.1 Å². The van der Waals surface area contributed by atoms with Crippen LogP contribution in [0.1, 0.15) is 54.6 Å². The first kappa shape index (κ1) is 23.4. The highest BCUT2D eigenvalue weighted by Crippen LogP contribution is 2.43. The summed E-state index contributed by atoms with van der Waals surface area (Å²) in [5.41, 5.74) is 4.01. The molecule has 1 heterocycles. The molecule has 0 aromatic heterocycles. The summed E-state index contributed by atoms with van der Waals surface area (Å²) < 4.78 is 13.7. The van der Waals surface area contributed by atoms with Gasteiger partial charge in [-0.15, -0.1) is 0 Å². The lowest BCUT2D eigenvalue weighted by Crippen LogP contribution is -2.30. The fraction of sp³-hybridized carbons (Fsp3) is 0.241. The smallest absolute Gasteiger partial charge is 0.300 e. The highest BCUT2D eigenvalue weighted by molar-refractivity contribution is 6.51. The van der Waals surface area contributed by atoms with Crippen LogP contribution < -0.4 is 4.90 Å². The highest BCUT2D eigenvalue weighted by atomic mass is 19.1. The first-order valence-electron chi connectivity index (χ1n) is 11.2. The Labute approximate surface area is 199 Å². The number of amides is 1. The minimum Gasteiger partial charge on any atom is -0.507 e. The van der Waals surface area contributed by atoms with Gasteiger partial charge in [-0.25, -0.2) is 4.39 Å². The van der Waals surface area contributed by atoms with Gasteiger partial charge in [0.05, 0.1) is 11.6 Å². The Bertz CT molecular complexity index is 1320. The molecule has 1 aliphatic heterocycles. The van der Waals surface area contributed by atoms with Crippen LogP contribution in [0.3, 0.4) is 0 Å². The standard InChI is InChI=1S/C29H28FNO3/c1-17-10-13-20(29(3,4)5)16-22(17)26(32)24-25(19-11-14-21(30)15-12-19)31(28(34)27(24)33)23-9-7-6-8-18(23)2/h6-16,25,32H,1-5H3/b26-24+. The van der Waals surface area contributed by atoms with Crippen molar-refractivity contribution in [2.24, 2.45) is 0 Å². The Morgan fingerprint density at radius 3 is 2.18 bits per heavy atom. The number of rotatable bonds is 3. The molecule has 0 bridgehead atoms. The van der Waals surface area contributed by atoms with Gasteiger partial charge in [-0.3, -0.25) is 14.5 Å². The van der Waals surface area contributed by atoms with E-state index in [0.717, 1.165) is 16.7 Å². The number of carbonyl (C=O) groups excluding carboxylic acids is 2. The zero-order chi connectivity index (χ0) is 24.8. The number of para-hydroxylation sites is 1. The molecule has 0 aliphatic carbocycles. The van der Waals surface area contributed by atoms with Crippen LogP contribution in [0.15, 0.2) is 72.3 Å². The molecule has 1 saturated heterocycles. The minimum atomic E-state index is -0.889. The van der Waals surface area contributed by atoms with Gasteiger partial charge in [0, 0.05) is 11.3 Å². The van der Waals surface area contributed by atoms with E-state index in [1.54, 1.807) is 24.3 Å². The molecular formula is C29H28FNO3. The van der Waals surface area contributed by atoms with Gasteiger partial charge in [0.25, 0.3) is 11.7 Å². The second-order valence-corrected chi connectivity index (χ2v) is 9.79. The molecule has 0 radical (unpaired) electrons. The number of aliphatic hydroxyl groups is 1. The first-order valence-corrected chi connectivity index (χ1v) is 11.2. The van der Waals surface area contributed by atoms with Crippen LogP contribution in [0, 0.1) is 19.7 Å². The molecule has 3 aromatic rings. The predicted octanol–water partition coefficient (Wildman–Crippen LogP) is 6.37. The quantitative estimate of drug-likeness (QED) is 0.283. The molecule has 34 heavy (non-hydrogen) atoms. The second kappa shape index (κ2) is 8.56. The van der Waals surface area contributed by atoms with Crippen LogP contribution in [0.5, 0.6) is 0 Å². The topological polar surface area (TPSA) is 57.6 Å². The maximum atomic E-state index is 13.7. The third kappa shape index (κ3) is 4.03. The Morgan fingerprint density at radius 2 is 1.56 bits per heavy atom. The fourth-order valence-corrected chi connectivity index (χ4v) is 4.36. The number of aryl methyl sites for hydroxylation is 2. The van der Waals surface area contributed by atoms with Crippen molar-refractivity contribution in [3.63, 3.8) is 0 Å². The molecule has 0 saturated carbocycles. The van der Waals surface area contributed by atoms with Crippen LogP contribution in [0.25, 0.3) is 5.76 Å². The highest BCUT2D eigenvalue weighted by Gasteiger charge is 2.47. The normalized spacial score (nSPS) is 17.9. The molecule has 3 aromatic carbocycles. The Kier molecular flexibility index (Phi) is 5.90. The molecule has 1 aliphatic rings. The van der Waals surface area contributed by atoms with Gasteiger partial charge in [-0.05, 0) is 65.8 Å². The zero-order valence-corrected chi connectivity index (χ0v) is 20.0. The average molecular weight is 458 g/mol. The van der Waals surface area contributed by atoms with Gasteiger partial charge in [0.15, 0.2) is 0 Å². The van der Waals surface area contributed by atoms with Gasteiger partial charge in [0.1, 0.15) is 11.6 Å². The van der Waals surface area contributed by atoms with Crippen molar-refractivity contribution < 1.29 is 19.1 Å². The Morgan fingerprint density at radius 1 is 0.912 bits per heavy atom. The van der Waals surface area contributed by atoms with Crippen molar-refractivity contribution in [1.29, 1.82) is 0 Å². The monoisotopic (exact) mass is 457 g/mol. The van der Waals surface area contributed by atoms with Crippen LogP contribution in [0.4, 0.5) is 10.1 Å². The van der Waals surface area contributed by atoms with Gasteiger partial charge in [0.2, 0.25) is 0 Å². The molecule has 1 unspecified atom stereocenters. The molecule has 0 spiro atoms. The van der Waals surface area contributed by atoms with Crippen LogP contribution in [-0.4, -0.2) is 16.8 Å². The van der Waals surface area contributed by atoms with E-state index in [0.29, 0.717) is 16.8 Å². The summed E-state index contributed by atoms with van der Waals surface area (Å²) in [5.74, 6) is -2.15. The summed E-state index contributed by atoms with van der Waals surface area (Å²) in [5, 5.41) is 11.5. The lowest BCUT2D eigenvalue weighted by atomic mass is 9.84. The molecule has 1 N–H and O–H groups in total. The number of ketones is 1. The van der Waals surface area contributed by atoms with Crippen molar-refractivity contribution in [3.8, 4) is 0 Å². The number of hydrogen-bond acceptors (Lipinski definition) is 3. The van der Waals surface area contributed by atoms with Crippen LogP contribution in [0.2, 0.25) is 0 Å². The number of aliphatic hydroxyl groups excluding tert-OH is 1. The van der Waals surface area contributed by atoms with E-state index in [-0.39, 0.29) is 16.7 Å². The number of anilines is 1. The summed E-state index contributed by atoms with van der Waals surface area (Å²) in [6.45, 7) is 9.91. The number of carbonyl (C=O) groups is 2. The molecule has 1 atom stereocenters. The minimum absolute atomic E-state index is 0.00554. The molecule has 4 nitrogen and oxygen atoms in total. The van der Waals surface area contributed by atoms with Crippen molar-refractivity contribution in [2.45, 2.75) is 46.1 Å². The molecular weight excluding hydrogens is 429 g/mol. The fourth-order valence-electron chi connectivity index (χ4n) is 4.36. The van der Waals surface area contributed by atoms with Crippen LogP contribution >= 0.6 is 0 Å². The van der Waals surface area contributed by atoms with E-state index in [2.05, 4.69) is 20.8 Å². The van der Waals surface area contributed by atoms with E-state index >= 15 is 0 Å². The van der Waals surface area contributed by atoms with E-state index < -0.39 is 23.5 Å². The lowest BCUT2D eigenvalue weighted by molar-refractivity contribution is -0.132. The number of halogens is 1. The molecule has 1 fully saturated rings. The second-order valence-electron chi connectivity index (χ2n) is 9.79. The first-order chi connectivity index (χ1) is 16.0. The average Bonchev–Trinajstić information content (AvgIpc) is 3.04. The van der Waals surface area contributed by atoms with Crippen molar-refractivity contribution in [1.82, 2.24) is 0 Å². The van der Waals surface area contributed by atoms with Crippen LogP contribution in [-0.2, 0) is 15.0 Å². The predicted molar refractivity (Wildman–Crippen MR) is 132 cm³/mol. The van der Waals surface area contributed by atoms with E-state index in [1.807, 2.05) is 44.2 Å². The molecule has 174 valence electrons. The van der Waals surface area contributed by atoms with Crippen molar-refractivity contribution in [3.05, 3.63) is 106 Å². The van der Waals surface area contributed by atoms with Gasteiger partial charge >= 0.3 is 0 Å². The Balaban J connectivity index is 2.00. The molecule has 1 amide bonds. The SMILES string of the molecule is Cc1ccc(C(C)(C)C)cc1/C(O)=C1\C(=O)C(=O)N(c2ccccc2C)C1c1ccc(F)cc1. The summed E-state index contributed by atoms with van der Waals surface area (Å²) in [4.78, 5) is 28.1. The lowest BCUT2D eigenvalue weighted by Gasteiger charge is -2.27. The Hall–Kier alpha value is -3.73. The summed E-state index contributed by atoms with van der Waals surface area (Å²) in [7, 11) is 0.